The summed E-state index contributed by atoms with van der Waals surface area (Å²) in [5.74, 6) is -1.03. The number of hydrogen-bond donors (Lipinski definition) is 2. The average molecular weight is 304 g/mol. The van der Waals surface area contributed by atoms with Crippen molar-refractivity contribution in [3.8, 4) is 0 Å². The van der Waals surface area contributed by atoms with Crippen LogP contribution in [0.4, 0.5) is 5.00 Å². The number of anilines is 1. The van der Waals surface area contributed by atoms with E-state index in [0.29, 0.717) is 17.2 Å². The van der Waals surface area contributed by atoms with Gasteiger partial charge in [0.05, 0.1) is 5.69 Å². The molecule has 0 bridgehead atoms. The van der Waals surface area contributed by atoms with Crippen molar-refractivity contribution in [2.75, 3.05) is 5.32 Å². The molecule has 0 saturated heterocycles. The number of carboxylic acids is 1. The van der Waals surface area contributed by atoms with Crippen LogP contribution < -0.4 is 5.32 Å². The van der Waals surface area contributed by atoms with Crippen molar-refractivity contribution in [3.63, 3.8) is 0 Å². The molecule has 1 amide bonds. The van der Waals surface area contributed by atoms with E-state index in [2.05, 4.69) is 23.5 Å². The van der Waals surface area contributed by atoms with Gasteiger partial charge in [-0.05, 0) is 42.1 Å². The zero-order valence-electron chi connectivity index (χ0n) is 12.0. The zero-order chi connectivity index (χ0) is 15.6. The molecule has 0 aliphatic carbocycles. The van der Waals surface area contributed by atoms with E-state index in [4.69, 9.17) is 5.11 Å². The molecular formula is C15H16N2O3S. The first kappa shape index (κ1) is 15.2. The Labute approximate surface area is 126 Å². The third kappa shape index (κ3) is 3.28. The van der Waals surface area contributed by atoms with Crippen LogP contribution >= 0.6 is 11.5 Å². The van der Waals surface area contributed by atoms with Crippen molar-refractivity contribution < 1.29 is 14.7 Å². The standard InChI is InChI=1S/C15H16N2O3S/c1-8(2)10-4-6-11(7-5-10)13(18)16-14-12(15(19)20)9(3)17-21-14/h4-8H,1-3H3,(H,16,18)(H,19,20). The molecule has 0 unspecified atom stereocenters. The molecular weight excluding hydrogens is 288 g/mol. The van der Waals surface area contributed by atoms with Gasteiger partial charge in [-0.2, -0.15) is 4.37 Å². The Bertz CT molecular complexity index is 675. The fourth-order valence-corrected chi connectivity index (χ4v) is 2.69. The highest BCUT2D eigenvalue weighted by atomic mass is 32.1. The molecule has 0 saturated carbocycles. The monoisotopic (exact) mass is 304 g/mol. The van der Waals surface area contributed by atoms with Gasteiger partial charge in [-0.3, -0.25) is 4.79 Å². The van der Waals surface area contributed by atoms with E-state index in [0.717, 1.165) is 17.1 Å². The van der Waals surface area contributed by atoms with Crippen LogP contribution in [0.5, 0.6) is 0 Å². The third-order valence-electron chi connectivity index (χ3n) is 3.14. The lowest BCUT2D eigenvalue weighted by atomic mass is 10.0. The Hall–Kier alpha value is -2.21. The maximum atomic E-state index is 12.2. The van der Waals surface area contributed by atoms with Gasteiger partial charge in [-0.25, -0.2) is 4.79 Å². The number of carboxylic acid groups (broad SMARTS) is 1. The SMILES string of the molecule is Cc1nsc(NC(=O)c2ccc(C(C)C)cc2)c1C(=O)O. The van der Waals surface area contributed by atoms with Crippen LogP contribution in [0.15, 0.2) is 24.3 Å². The van der Waals surface area contributed by atoms with Crippen LogP contribution in [0, 0.1) is 6.92 Å². The minimum atomic E-state index is -1.09. The Kier molecular flexibility index (Phi) is 4.37. The van der Waals surface area contributed by atoms with Gasteiger partial charge in [0, 0.05) is 5.56 Å². The number of carbonyl (C=O) groups excluding carboxylic acids is 1. The van der Waals surface area contributed by atoms with Crippen molar-refractivity contribution in [1.82, 2.24) is 4.37 Å². The number of nitrogens with zero attached hydrogens (tertiary/aromatic N) is 1. The fourth-order valence-electron chi connectivity index (χ4n) is 1.90. The largest absolute Gasteiger partial charge is 0.478 e. The number of rotatable bonds is 4. The van der Waals surface area contributed by atoms with Crippen LogP contribution in [0.1, 0.15) is 51.7 Å². The van der Waals surface area contributed by atoms with E-state index in [9.17, 15) is 9.59 Å². The van der Waals surface area contributed by atoms with Gasteiger partial charge in [0.15, 0.2) is 0 Å². The van der Waals surface area contributed by atoms with E-state index >= 15 is 0 Å². The number of hydrogen-bond acceptors (Lipinski definition) is 4. The van der Waals surface area contributed by atoms with Crippen molar-refractivity contribution >= 4 is 28.4 Å². The van der Waals surface area contributed by atoms with Crippen molar-refractivity contribution in [2.45, 2.75) is 26.7 Å². The Balaban J connectivity index is 2.20. The number of carbonyl (C=O) groups is 2. The fraction of sp³-hybridized carbons (Fsp3) is 0.267. The third-order valence-corrected chi connectivity index (χ3v) is 4.00. The van der Waals surface area contributed by atoms with Crippen LogP contribution in [0.3, 0.4) is 0 Å². The van der Waals surface area contributed by atoms with Crippen LogP contribution in [-0.2, 0) is 0 Å². The summed E-state index contributed by atoms with van der Waals surface area (Å²) in [7, 11) is 0. The Morgan fingerprint density at radius 3 is 2.38 bits per heavy atom. The Morgan fingerprint density at radius 1 is 1.24 bits per heavy atom. The van der Waals surface area contributed by atoms with E-state index in [-0.39, 0.29) is 16.5 Å². The molecule has 2 aromatic rings. The average Bonchev–Trinajstić information content (AvgIpc) is 2.79. The second-order valence-corrected chi connectivity index (χ2v) is 5.78. The first-order valence-electron chi connectivity index (χ1n) is 6.51. The second kappa shape index (κ2) is 6.05. The summed E-state index contributed by atoms with van der Waals surface area (Å²) < 4.78 is 3.97. The highest BCUT2D eigenvalue weighted by Crippen LogP contribution is 2.25. The summed E-state index contributed by atoms with van der Waals surface area (Å²) in [5.41, 5.74) is 2.08. The van der Waals surface area contributed by atoms with Gasteiger partial charge in [0.25, 0.3) is 5.91 Å². The molecule has 0 radical (unpaired) electrons. The molecule has 110 valence electrons. The van der Waals surface area contributed by atoms with E-state index in [1.165, 1.54) is 0 Å². The highest BCUT2D eigenvalue weighted by Gasteiger charge is 2.19. The molecule has 21 heavy (non-hydrogen) atoms. The zero-order valence-corrected chi connectivity index (χ0v) is 12.8. The van der Waals surface area contributed by atoms with E-state index in [1.54, 1.807) is 19.1 Å². The summed E-state index contributed by atoms with van der Waals surface area (Å²) >= 11 is 0.973. The first-order chi connectivity index (χ1) is 9.90. The number of aromatic nitrogens is 1. The Morgan fingerprint density at radius 2 is 1.86 bits per heavy atom. The van der Waals surface area contributed by atoms with Gasteiger partial charge >= 0.3 is 5.97 Å². The summed E-state index contributed by atoms with van der Waals surface area (Å²) in [6, 6.07) is 7.27. The molecule has 0 aliphatic heterocycles. The van der Waals surface area contributed by atoms with Gasteiger partial charge < -0.3 is 10.4 Å². The summed E-state index contributed by atoms with van der Waals surface area (Å²) in [5, 5.41) is 12.0. The molecule has 2 N–H and O–H groups in total. The van der Waals surface area contributed by atoms with Crippen LogP contribution in [-0.4, -0.2) is 21.4 Å². The highest BCUT2D eigenvalue weighted by molar-refractivity contribution is 7.11. The van der Waals surface area contributed by atoms with Crippen molar-refractivity contribution in [1.29, 1.82) is 0 Å². The molecule has 0 atom stereocenters. The van der Waals surface area contributed by atoms with Crippen LogP contribution in [0.2, 0.25) is 0 Å². The molecule has 1 aromatic heterocycles. The lowest BCUT2D eigenvalue weighted by Crippen LogP contribution is -2.13. The maximum absolute atomic E-state index is 12.2. The summed E-state index contributed by atoms with van der Waals surface area (Å²) in [6.07, 6.45) is 0. The molecule has 0 spiro atoms. The molecule has 6 heteroatoms. The maximum Gasteiger partial charge on any atom is 0.340 e. The van der Waals surface area contributed by atoms with Gasteiger partial charge in [0.2, 0.25) is 0 Å². The summed E-state index contributed by atoms with van der Waals surface area (Å²) in [4.78, 5) is 23.3. The molecule has 1 heterocycles. The van der Waals surface area contributed by atoms with Crippen molar-refractivity contribution in [2.24, 2.45) is 0 Å². The second-order valence-electron chi connectivity index (χ2n) is 5.01. The van der Waals surface area contributed by atoms with Crippen molar-refractivity contribution in [3.05, 3.63) is 46.6 Å². The smallest absolute Gasteiger partial charge is 0.340 e. The van der Waals surface area contributed by atoms with E-state index in [1.807, 2.05) is 12.1 Å². The minimum Gasteiger partial charge on any atom is -0.478 e. The minimum absolute atomic E-state index is 0.0483. The van der Waals surface area contributed by atoms with Crippen LogP contribution in [0.25, 0.3) is 0 Å². The molecule has 5 nitrogen and oxygen atoms in total. The van der Waals surface area contributed by atoms with E-state index < -0.39 is 5.97 Å². The topological polar surface area (TPSA) is 79.3 Å². The normalized spacial score (nSPS) is 10.7. The number of amides is 1. The quantitative estimate of drug-likeness (QED) is 0.905. The number of aryl methyl sites for hydroxylation is 1. The number of benzene rings is 1. The van der Waals surface area contributed by atoms with Gasteiger partial charge in [-0.15, -0.1) is 0 Å². The lowest BCUT2D eigenvalue weighted by Gasteiger charge is -2.07. The van der Waals surface area contributed by atoms with Gasteiger partial charge in [-0.1, -0.05) is 26.0 Å². The van der Waals surface area contributed by atoms with Gasteiger partial charge in [0.1, 0.15) is 10.6 Å². The number of nitrogens with one attached hydrogen (secondary N) is 1. The predicted molar refractivity (Wildman–Crippen MR) is 82.3 cm³/mol. The molecule has 0 aliphatic rings. The number of aromatic carboxylic acids is 1. The molecule has 2 rings (SSSR count). The summed E-state index contributed by atoms with van der Waals surface area (Å²) in [6.45, 7) is 5.76. The molecule has 0 fully saturated rings. The molecule has 1 aromatic carbocycles. The first-order valence-corrected chi connectivity index (χ1v) is 7.28. The lowest BCUT2D eigenvalue weighted by molar-refractivity contribution is 0.0697. The predicted octanol–water partition coefficient (Wildman–Crippen LogP) is 3.53.